The van der Waals surface area contributed by atoms with Crippen molar-refractivity contribution in [3.63, 3.8) is 0 Å². The van der Waals surface area contributed by atoms with Gasteiger partial charge in [-0.05, 0) is 24.0 Å². The molecule has 1 N–H and O–H groups in total. The van der Waals surface area contributed by atoms with Crippen LogP contribution in [0.3, 0.4) is 0 Å². The highest BCUT2D eigenvalue weighted by atomic mass is 15.0. The average Bonchev–Trinajstić information content (AvgIpc) is 2.54. The highest BCUT2D eigenvalue weighted by Crippen LogP contribution is 2.51. The van der Waals surface area contributed by atoms with Crippen LogP contribution < -0.4 is 5.32 Å². The molecule has 4 bridgehead atoms. The highest BCUT2D eigenvalue weighted by molar-refractivity contribution is 5.56. The Kier molecular flexibility index (Phi) is 1.57. The summed E-state index contributed by atoms with van der Waals surface area (Å²) >= 11 is 0. The lowest BCUT2D eigenvalue weighted by molar-refractivity contribution is 0.321. The Balaban J connectivity index is 2.03. The summed E-state index contributed by atoms with van der Waals surface area (Å²) < 4.78 is 0. The number of fused-ring (bicyclic) bond motifs is 1. The third-order valence-electron chi connectivity index (χ3n) is 4.31. The molecule has 0 aromatic carbocycles. The summed E-state index contributed by atoms with van der Waals surface area (Å²) in [4.78, 5) is 0. The lowest BCUT2D eigenvalue weighted by Crippen LogP contribution is -2.53. The van der Waals surface area contributed by atoms with Crippen LogP contribution in [0, 0.1) is 5.41 Å². The molecule has 80 valence electrons. The van der Waals surface area contributed by atoms with Gasteiger partial charge in [-0.3, -0.25) is 0 Å². The maximum absolute atomic E-state index is 3.77. The molecule has 3 aliphatic carbocycles. The average molecular weight is 209 g/mol. The topological polar surface area (TPSA) is 12.0 Å². The van der Waals surface area contributed by atoms with Gasteiger partial charge >= 0.3 is 0 Å². The molecule has 1 heteroatoms. The van der Waals surface area contributed by atoms with Gasteiger partial charge in [0.05, 0.1) is 5.41 Å². The number of hydrogen-bond donors (Lipinski definition) is 1. The fraction of sp³-hybridized carbons (Fsp3) is 0.333. The van der Waals surface area contributed by atoms with Gasteiger partial charge < -0.3 is 5.32 Å². The molecule has 0 saturated carbocycles. The minimum atomic E-state index is 0.135. The molecule has 0 amide bonds. The lowest BCUT2D eigenvalue weighted by Gasteiger charge is -2.47. The van der Waals surface area contributed by atoms with Crippen molar-refractivity contribution in [2.45, 2.75) is 24.9 Å². The van der Waals surface area contributed by atoms with Crippen LogP contribution in [-0.2, 0) is 0 Å². The zero-order valence-corrected chi connectivity index (χ0v) is 9.19. The zero-order chi connectivity index (χ0) is 10.6. The highest BCUT2D eigenvalue weighted by Gasteiger charge is 2.47. The van der Waals surface area contributed by atoms with Gasteiger partial charge in [0.1, 0.15) is 0 Å². The Hall–Kier alpha value is -1.34. The third-order valence-corrected chi connectivity index (χ3v) is 4.31. The van der Waals surface area contributed by atoms with Crippen molar-refractivity contribution in [1.82, 2.24) is 5.32 Å². The second-order valence-corrected chi connectivity index (χ2v) is 5.07. The molecule has 2 heterocycles. The number of allylic oxidation sites excluding steroid dienone is 4. The van der Waals surface area contributed by atoms with E-state index in [4.69, 9.17) is 0 Å². The van der Waals surface area contributed by atoms with Crippen molar-refractivity contribution in [2.75, 3.05) is 0 Å². The second kappa shape index (κ2) is 2.86. The predicted molar refractivity (Wildman–Crippen MR) is 66.0 cm³/mol. The number of hydrogen-bond acceptors (Lipinski definition) is 1. The minimum Gasteiger partial charge on any atom is -0.306 e. The predicted octanol–water partition coefficient (Wildman–Crippen LogP) is 2.66. The first-order valence-electron chi connectivity index (χ1n) is 6.11. The summed E-state index contributed by atoms with van der Waals surface area (Å²) in [5.41, 5.74) is 3.12. The lowest BCUT2D eigenvalue weighted by atomic mass is 9.62. The molecule has 0 fully saturated rings. The summed E-state index contributed by atoms with van der Waals surface area (Å²) in [7, 11) is 0. The molecule has 5 rings (SSSR count). The summed E-state index contributed by atoms with van der Waals surface area (Å²) in [5.74, 6) is 0. The van der Waals surface area contributed by atoms with Crippen molar-refractivity contribution in [3.8, 4) is 0 Å². The first-order valence-corrected chi connectivity index (χ1v) is 6.11. The van der Waals surface area contributed by atoms with Gasteiger partial charge in [0, 0.05) is 12.1 Å². The Morgan fingerprint density at radius 3 is 3.06 bits per heavy atom. The summed E-state index contributed by atoms with van der Waals surface area (Å²) in [5, 5.41) is 3.77. The molecule has 0 radical (unpaired) electrons. The van der Waals surface area contributed by atoms with Gasteiger partial charge in [-0.1, -0.05) is 48.6 Å². The maximum atomic E-state index is 3.77. The van der Waals surface area contributed by atoms with Crippen LogP contribution in [0.25, 0.3) is 0 Å². The molecule has 3 unspecified atom stereocenters. The first kappa shape index (κ1) is 8.77. The zero-order valence-electron chi connectivity index (χ0n) is 9.19. The molecule has 5 aliphatic rings. The second-order valence-electron chi connectivity index (χ2n) is 5.07. The van der Waals surface area contributed by atoms with E-state index >= 15 is 0 Å². The quantitative estimate of drug-likeness (QED) is 0.646. The maximum Gasteiger partial charge on any atom is 0.0535 e. The molecule has 1 nitrogen and oxygen atoms in total. The van der Waals surface area contributed by atoms with Gasteiger partial charge in [0.15, 0.2) is 0 Å². The Morgan fingerprint density at radius 1 is 1.12 bits per heavy atom. The normalized spacial score (nSPS) is 42.5. The largest absolute Gasteiger partial charge is 0.306 e. The van der Waals surface area contributed by atoms with Crippen molar-refractivity contribution in [1.29, 1.82) is 0 Å². The summed E-state index contributed by atoms with van der Waals surface area (Å²) in [6.07, 6.45) is 20.8. The standard InChI is InChI=1S/C15H15N/c1-2-9-15-11(4-1)7-8-13-10-12(15)5-3-6-14(15)16-13/h1-5,7,9-10,13-14,16H,6,8H2. The molecule has 3 atom stereocenters. The fourth-order valence-electron chi connectivity index (χ4n) is 3.58. The van der Waals surface area contributed by atoms with Crippen LogP contribution in [0.2, 0.25) is 0 Å². The summed E-state index contributed by atoms with van der Waals surface area (Å²) in [6, 6.07) is 1.09. The smallest absolute Gasteiger partial charge is 0.0535 e. The molecule has 0 saturated heterocycles. The molecular weight excluding hydrogens is 194 g/mol. The van der Waals surface area contributed by atoms with E-state index < -0.39 is 0 Å². The van der Waals surface area contributed by atoms with Crippen molar-refractivity contribution >= 4 is 0 Å². The van der Waals surface area contributed by atoms with Crippen molar-refractivity contribution < 1.29 is 0 Å². The van der Waals surface area contributed by atoms with Crippen molar-refractivity contribution in [2.24, 2.45) is 5.41 Å². The van der Waals surface area contributed by atoms with E-state index in [1.165, 1.54) is 11.1 Å². The van der Waals surface area contributed by atoms with E-state index in [-0.39, 0.29) is 5.41 Å². The Labute approximate surface area is 95.9 Å². The third kappa shape index (κ3) is 0.903. The van der Waals surface area contributed by atoms with E-state index in [0.717, 1.165) is 12.8 Å². The fourth-order valence-corrected chi connectivity index (χ4v) is 3.58. The first-order chi connectivity index (χ1) is 7.89. The molecule has 0 aromatic rings. The molecule has 1 spiro atoms. The van der Waals surface area contributed by atoms with Crippen LogP contribution >= 0.6 is 0 Å². The van der Waals surface area contributed by atoms with Gasteiger partial charge in [-0.2, -0.15) is 0 Å². The van der Waals surface area contributed by atoms with Gasteiger partial charge in [-0.25, -0.2) is 0 Å². The minimum absolute atomic E-state index is 0.135. The van der Waals surface area contributed by atoms with E-state index in [1.807, 2.05) is 0 Å². The molecule has 0 aromatic heterocycles. The monoisotopic (exact) mass is 209 g/mol. The van der Waals surface area contributed by atoms with Gasteiger partial charge in [0.25, 0.3) is 0 Å². The van der Waals surface area contributed by atoms with Crippen LogP contribution in [0.1, 0.15) is 12.8 Å². The van der Waals surface area contributed by atoms with E-state index in [1.54, 1.807) is 0 Å². The van der Waals surface area contributed by atoms with E-state index in [2.05, 4.69) is 53.9 Å². The van der Waals surface area contributed by atoms with Gasteiger partial charge in [-0.15, -0.1) is 0 Å². The molecule has 2 aliphatic heterocycles. The van der Waals surface area contributed by atoms with Crippen LogP contribution in [0.15, 0.2) is 59.8 Å². The van der Waals surface area contributed by atoms with Crippen molar-refractivity contribution in [3.05, 3.63) is 59.8 Å². The number of nitrogens with one attached hydrogen (secondary N) is 1. The van der Waals surface area contributed by atoms with Crippen LogP contribution in [0.5, 0.6) is 0 Å². The van der Waals surface area contributed by atoms with Crippen LogP contribution in [0.4, 0.5) is 0 Å². The molecular formula is C15H15N. The Bertz CT molecular complexity index is 490. The SMILES string of the molecule is C1=CC2=CCC3C=C4C=CCC(N3)C24C=C1. The molecule has 16 heavy (non-hydrogen) atoms. The van der Waals surface area contributed by atoms with E-state index in [9.17, 15) is 0 Å². The van der Waals surface area contributed by atoms with E-state index in [0.29, 0.717) is 12.1 Å². The van der Waals surface area contributed by atoms with Crippen LogP contribution in [-0.4, -0.2) is 12.1 Å². The Morgan fingerprint density at radius 2 is 2.12 bits per heavy atom. The summed E-state index contributed by atoms with van der Waals surface area (Å²) in [6.45, 7) is 0. The van der Waals surface area contributed by atoms with Gasteiger partial charge in [0.2, 0.25) is 0 Å². The number of rotatable bonds is 0.